The molecule has 3 rings (SSSR count). The first-order chi connectivity index (χ1) is 13.0. The number of aryl methyl sites for hydroxylation is 1. The van der Waals surface area contributed by atoms with E-state index in [2.05, 4.69) is 20.7 Å². The number of benzene rings is 1. The fourth-order valence-corrected chi connectivity index (χ4v) is 2.65. The molecule has 10 heteroatoms. The lowest BCUT2D eigenvalue weighted by atomic mass is 10.2. The van der Waals surface area contributed by atoms with Gasteiger partial charge in [-0.05, 0) is 18.2 Å². The molecule has 142 valence electrons. The third kappa shape index (κ3) is 4.17. The van der Waals surface area contributed by atoms with Gasteiger partial charge in [-0.2, -0.15) is 5.10 Å². The van der Waals surface area contributed by atoms with E-state index in [1.807, 2.05) is 0 Å². The first-order valence-electron chi connectivity index (χ1n) is 8.10. The minimum Gasteiger partial charge on any atom is -0.382 e. The standard InChI is InChI=1S/C17H18F2N6O2/c1-24-16(6-7-20-24)15(10-27-2)21-17(26)14-9-25(23-22-14)8-11-12(18)4-3-5-13(11)19/h3-7,9,15H,8,10H2,1-2H3,(H,21,26)/t15-/m1/s1. The molecule has 0 spiro atoms. The van der Waals surface area contributed by atoms with E-state index in [4.69, 9.17) is 4.74 Å². The Morgan fingerprint density at radius 3 is 2.67 bits per heavy atom. The van der Waals surface area contributed by atoms with Crippen LogP contribution >= 0.6 is 0 Å². The fraction of sp³-hybridized carbons (Fsp3) is 0.294. The molecule has 1 atom stereocenters. The van der Waals surface area contributed by atoms with Gasteiger partial charge in [0.05, 0.1) is 31.1 Å². The van der Waals surface area contributed by atoms with E-state index in [0.717, 1.165) is 17.8 Å². The van der Waals surface area contributed by atoms with Crippen LogP contribution in [0.2, 0.25) is 0 Å². The second-order valence-electron chi connectivity index (χ2n) is 5.86. The quantitative estimate of drug-likeness (QED) is 0.675. The van der Waals surface area contributed by atoms with Crippen molar-refractivity contribution in [2.45, 2.75) is 12.6 Å². The molecule has 1 N–H and O–H groups in total. The van der Waals surface area contributed by atoms with Crippen molar-refractivity contribution in [1.82, 2.24) is 30.1 Å². The summed E-state index contributed by atoms with van der Waals surface area (Å²) in [6, 6.07) is 4.92. The Morgan fingerprint density at radius 2 is 2.04 bits per heavy atom. The van der Waals surface area contributed by atoms with Crippen molar-refractivity contribution in [3.05, 3.63) is 65.2 Å². The lowest BCUT2D eigenvalue weighted by molar-refractivity contribution is 0.0887. The van der Waals surface area contributed by atoms with Gasteiger partial charge in [-0.1, -0.05) is 11.3 Å². The van der Waals surface area contributed by atoms with E-state index in [0.29, 0.717) is 0 Å². The summed E-state index contributed by atoms with van der Waals surface area (Å²) in [6.45, 7) is 0.0574. The molecule has 0 fully saturated rings. The molecule has 0 bridgehead atoms. The predicted octanol–water partition coefficient (Wildman–Crippen LogP) is 1.46. The predicted molar refractivity (Wildman–Crippen MR) is 90.8 cm³/mol. The number of hydrogen-bond acceptors (Lipinski definition) is 5. The Balaban J connectivity index is 1.73. The molecule has 0 saturated carbocycles. The Bertz CT molecular complexity index is 919. The van der Waals surface area contributed by atoms with Crippen molar-refractivity contribution in [1.29, 1.82) is 0 Å². The summed E-state index contributed by atoms with van der Waals surface area (Å²) in [5.74, 6) is -1.86. The minimum atomic E-state index is -0.687. The van der Waals surface area contributed by atoms with Crippen LogP contribution in [-0.4, -0.2) is 44.4 Å². The lowest BCUT2D eigenvalue weighted by Crippen LogP contribution is -2.32. The number of ether oxygens (including phenoxy) is 1. The van der Waals surface area contributed by atoms with Gasteiger partial charge in [0, 0.05) is 25.9 Å². The molecule has 0 aliphatic rings. The molecule has 2 heterocycles. The van der Waals surface area contributed by atoms with Gasteiger partial charge in [-0.3, -0.25) is 9.48 Å². The maximum atomic E-state index is 13.8. The third-order valence-electron chi connectivity index (χ3n) is 4.01. The molecule has 0 saturated heterocycles. The van der Waals surface area contributed by atoms with E-state index in [1.165, 1.54) is 24.1 Å². The molecule has 0 aliphatic carbocycles. The number of amides is 1. The molecule has 0 unspecified atom stereocenters. The number of halogens is 2. The summed E-state index contributed by atoms with van der Waals surface area (Å²) in [4.78, 5) is 12.5. The monoisotopic (exact) mass is 376 g/mol. The highest BCUT2D eigenvalue weighted by molar-refractivity contribution is 5.92. The van der Waals surface area contributed by atoms with Crippen LogP contribution < -0.4 is 5.32 Å². The summed E-state index contributed by atoms with van der Waals surface area (Å²) in [5.41, 5.74) is 0.627. The number of aromatic nitrogens is 5. The van der Waals surface area contributed by atoms with E-state index in [-0.39, 0.29) is 24.4 Å². The molecule has 3 aromatic rings. The molecule has 0 aliphatic heterocycles. The number of rotatable bonds is 7. The normalized spacial score (nSPS) is 12.1. The van der Waals surface area contributed by atoms with Gasteiger partial charge >= 0.3 is 0 Å². The van der Waals surface area contributed by atoms with Crippen LogP contribution in [-0.2, 0) is 18.3 Å². The van der Waals surface area contributed by atoms with Crippen LogP contribution in [0.1, 0.15) is 27.8 Å². The molecule has 0 radical (unpaired) electrons. The SMILES string of the molecule is COC[C@@H](NC(=O)c1cn(Cc2c(F)cccc2F)nn1)c1ccnn1C. The van der Waals surface area contributed by atoms with Crippen LogP contribution in [0.5, 0.6) is 0 Å². The largest absolute Gasteiger partial charge is 0.382 e. The zero-order valence-corrected chi connectivity index (χ0v) is 14.8. The Kier molecular flexibility index (Phi) is 5.55. The van der Waals surface area contributed by atoms with Gasteiger partial charge in [-0.25, -0.2) is 13.5 Å². The van der Waals surface area contributed by atoms with Crippen LogP contribution in [0.15, 0.2) is 36.7 Å². The van der Waals surface area contributed by atoms with Crippen molar-refractivity contribution < 1.29 is 18.3 Å². The average Bonchev–Trinajstić information content (AvgIpc) is 3.27. The van der Waals surface area contributed by atoms with Crippen LogP contribution in [0, 0.1) is 11.6 Å². The third-order valence-corrected chi connectivity index (χ3v) is 4.01. The maximum Gasteiger partial charge on any atom is 0.274 e. The number of carbonyl (C=O) groups excluding carboxylic acids is 1. The molecule has 2 aromatic heterocycles. The van der Waals surface area contributed by atoms with E-state index < -0.39 is 23.6 Å². The summed E-state index contributed by atoms with van der Waals surface area (Å²) >= 11 is 0. The van der Waals surface area contributed by atoms with Gasteiger partial charge in [0.15, 0.2) is 5.69 Å². The molecule has 1 amide bonds. The molecular formula is C17H18F2N6O2. The second-order valence-corrected chi connectivity index (χ2v) is 5.86. The zero-order valence-electron chi connectivity index (χ0n) is 14.8. The van der Waals surface area contributed by atoms with Gasteiger partial charge < -0.3 is 10.1 Å². The van der Waals surface area contributed by atoms with Crippen molar-refractivity contribution in [3.8, 4) is 0 Å². The van der Waals surface area contributed by atoms with Crippen LogP contribution in [0.3, 0.4) is 0 Å². The van der Waals surface area contributed by atoms with Crippen molar-refractivity contribution in [2.24, 2.45) is 7.05 Å². The van der Waals surface area contributed by atoms with Crippen LogP contribution in [0.25, 0.3) is 0 Å². The fourth-order valence-electron chi connectivity index (χ4n) is 2.65. The number of methoxy groups -OCH3 is 1. The molecule has 1 aromatic carbocycles. The molecule has 8 nitrogen and oxygen atoms in total. The topological polar surface area (TPSA) is 86.9 Å². The molecule has 27 heavy (non-hydrogen) atoms. The van der Waals surface area contributed by atoms with E-state index in [1.54, 1.807) is 24.0 Å². The number of nitrogens with zero attached hydrogens (tertiary/aromatic N) is 5. The Morgan fingerprint density at radius 1 is 1.30 bits per heavy atom. The number of carbonyl (C=O) groups is 1. The smallest absolute Gasteiger partial charge is 0.274 e. The van der Waals surface area contributed by atoms with E-state index >= 15 is 0 Å². The number of nitrogens with one attached hydrogen (secondary N) is 1. The van der Waals surface area contributed by atoms with Crippen molar-refractivity contribution >= 4 is 5.91 Å². The van der Waals surface area contributed by atoms with Gasteiger partial charge in [0.25, 0.3) is 5.91 Å². The number of hydrogen-bond donors (Lipinski definition) is 1. The highest BCUT2D eigenvalue weighted by Gasteiger charge is 2.21. The summed E-state index contributed by atoms with van der Waals surface area (Å²) in [6.07, 6.45) is 2.94. The second kappa shape index (κ2) is 8.04. The van der Waals surface area contributed by atoms with Crippen LogP contribution in [0.4, 0.5) is 8.78 Å². The summed E-state index contributed by atoms with van der Waals surface area (Å²) < 4.78 is 35.5. The minimum absolute atomic E-state index is 0.0232. The lowest BCUT2D eigenvalue weighted by Gasteiger charge is -2.17. The first-order valence-corrected chi connectivity index (χ1v) is 8.10. The van der Waals surface area contributed by atoms with E-state index in [9.17, 15) is 13.6 Å². The first kappa shape index (κ1) is 18.6. The van der Waals surface area contributed by atoms with Gasteiger partial charge in [0.1, 0.15) is 11.6 Å². The highest BCUT2D eigenvalue weighted by atomic mass is 19.1. The zero-order chi connectivity index (χ0) is 19.4. The maximum absolute atomic E-state index is 13.8. The Labute approximate surface area is 153 Å². The Hall–Kier alpha value is -3.14. The average molecular weight is 376 g/mol. The van der Waals surface area contributed by atoms with Crippen molar-refractivity contribution in [3.63, 3.8) is 0 Å². The molecular weight excluding hydrogens is 358 g/mol. The summed E-state index contributed by atoms with van der Waals surface area (Å²) in [7, 11) is 3.28. The van der Waals surface area contributed by atoms with Gasteiger partial charge in [-0.15, -0.1) is 5.10 Å². The van der Waals surface area contributed by atoms with Crippen molar-refractivity contribution in [2.75, 3.05) is 13.7 Å². The summed E-state index contributed by atoms with van der Waals surface area (Å²) in [5, 5.41) is 14.4. The van der Waals surface area contributed by atoms with Gasteiger partial charge in [0.2, 0.25) is 0 Å². The highest BCUT2D eigenvalue weighted by Crippen LogP contribution is 2.15.